The maximum absolute atomic E-state index is 12.2. The molecule has 1 unspecified atom stereocenters. The SMILES string of the molecule is CNC(=O)C(C)CN(C)CC(=O)c1ccc(C)c(C)c1. The third-order valence-electron chi connectivity index (χ3n) is 3.52. The number of hydrogen-bond donors (Lipinski definition) is 1. The zero-order valence-corrected chi connectivity index (χ0v) is 13.0. The van der Waals surface area contributed by atoms with Crippen molar-refractivity contribution in [2.24, 2.45) is 5.92 Å². The minimum atomic E-state index is -0.127. The molecule has 1 rings (SSSR count). The summed E-state index contributed by atoms with van der Waals surface area (Å²) >= 11 is 0. The molecule has 0 bridgehead atoms. The summed E-state index contributed by atoms with van der Waals surface area (Å²) < 4.78 is 0. The predicted octanol–water partition coefficient (Wildman–Crippen LogP) is 1.80. The van der Waals surface area contributed by atoms with Crippen molar-refractivity contribution in [2.75, 3.05) is 27.2 Å². The number of nitrogens with zero attached hydrogens (tertiary/aromatic N) is 1. The molecule has 1 amide bonds. The number of carbonyl (C=O) groups is 2. The van der Waals surface area contributed by atoms with Crippen LogP contribution in [0, 0.1) is 19.8 Å². The first-order valence-corrected chi connectivity index (χ1v) is 6.85. The van der Waals surface area contributed by atoms with Crippen molar-refractivity contribution in [3.63, 3.8) is 0 Å². The summed E-state index contributed by atoms with van der Waals surface area (Å²) in [6.07, 6.45) is 0. The average molecular weight is 276 g/mol. The van der Waals surface area contributed by atoms with Gasteiger partial charge in [0.2, 0.25) is 5.91 Å². The number of carbonyl (C=O) groups excluding carboxylic acids is 2. The molecular formula is C16H24N2O2. The lowest BCUT2D eigenvalue weighted by Crippen LogP contribution is -2.36. The number of rotatable bonds is 6. The van der Waals surface area contributed by atoms with Crippen LogP contribution < -0.4 is 5.32 Å². The highest BCUT2D eigenvalue weighted by molar-refractivity contribution is 5.97. The van der Waals surface area contributed by atoms with E-state index in [2.05, 4.69) is 5.32 Å². The topological polar surface area (TPSA) is 49.4 Å². The number of likely N-dealkylation sites (N-methyl/N-ethyl adjacent to an activating group) is 1. The van der Waals surface area contributed by atoms with E-state index in [0.29, 0.717) is 13.1 Å². The highest BCUT2D eigenvalue weighted by Gasteiger charge is 2.16. The fourth-order valence-corrected chi connectivity index (χ4v) is 2.11. The van der Waals surface area contributed by atoms with Crippen molar-refractivity contribution >= 4 is 11.7 Å². The molecule has 1 aromatic carbocycles. The predicted molar refractivity (Wildman–Crippen MR) is 81.0 cm³/mol. The molecule has 0 aromatic heterocycles. The van der Waals surface area contributed by atoms with Gasteiger partial charge in [0.05, 0.1) is 6.54 Å². The van der Waals surface area contributed by atoms with Crippen molar-refractivity contribution in [3.8, 4) is 0 Å². The minimum absolute atomic E-state index is 0.00419. The highest BCUT2D eigenvalue weighted by atomic mass is 16.1. The quantitative estimate of drug-likeness (QED) is 0.806. The van der Waals surface area contributed by atoms with E-state index in [0.717, 1.165) is 11.1 Å². The van der Waals surface area contributed by atoms with Gasteiger partial charge >= 0.3 is 0 Å². The molecule has 0 saturated heterocycles. The van der Waals surface area contributed by atoms with Crippen LogP contribution >= 0.6 is 0 Å². The Labute approximate surface area is 121 Å². The summed E-state index contributed by atoms with van der Waals surface area (Å²) in [6, 6.07) is 5.75. The third kappa shape index (κ3) is 4.46. The van der Waals surface area contributed by atoms with Gasteiger partial charge in [-0.05, 0) is 38.1 Å². The molecule has 1 atom stereocenters. The standard InChI is InChI=1S/C16H24N2O2/c1-11-6-7-14(8-12(11)2)15(19)10-18(5)9-13(3)16(20)17-4/h6-8,13H,9-10H2,1-5H3,(H,17,20). The van der Waals surface area contributed by atoms with Gasteiger partial charge in [-0.25, -0.2) is 0 Å². The number of benzene rings is 1. The van der Waals surface area contributed by atoms with Crippen LogP contribution in [-0.2, 0) is 4.79 Å². The van der Waals surface area contributed by atoms with Crippen LogP contribution in [0.25, 0.3) is 0 Å². The number of amides is 1. The Kier molecular flexibility index (Phi) is 5.89. The molecule has 0 aliphatic rings. The summed E-state index contributed by atoms with van der Waals surface area (Å²) in [4.78, 5) is 25.5. The molecule has 0 spiro atoms. The zero-order valence-electron chi connectivity index (χ0n) is 13.0. The zero-order chi connectivity index (χ0) is 15.3. The van der Waals surface area contributed by atoms with E-state index in [-0.39, 0.29) is 17.6 Å². The Hall–Kier alpha value is -1.68. The molecular weight excluding hydrogens is 252 g/mol. The van der Waals surface area contributed by atoms with Gasteiger partial charge in [-0.15, -0.1) is 0 Å². The molecule has 0 fully saturated rings. The van der Waals surface area contributed by atoms with Gasteiger partial charge in [0.1, 0.15) is 0 Å². The average Bonchev–Trinajstić information content (AvgIpc) is 2.40. The lowest BCUT2D eigenvalue weighted by molar-refractivity contribution is -0.124. The van der Waals surface area contributed by atoms with Gasteiger partial charge in [0.15, 0.2) is 5.78 Å². The molecule has 4 nitrogen and oxygen atoms in total. The molecule has 4 heteroatoms. The van der Waals surface area contributed by atoms with Crippen LogP contribution in [0.3, 0.4) is 0 Å². The molecule has 110 valence electrons. The van der Waals surface area contributed by atoms with Gasteiger partial charge in [-0.2, -0.15) is 0 Å². The Morgan fingerprint density at radius 2 is 1.90 bits per heavy atom. The molecule has 0 saturated carbocycles. The lowest BCUT2D eigenvalue weighted by atomic mass is 10.0. The van der Waals surface area contributed by atoms with Crippen molar-refractivity contribution in [1.29, 1.82) is 0 Å². The molecule has 1 aromatic rings. The summed E-state index contributed by atoms with van der Waals surface area (Å²) in [7, 11) is 3.48. The minimum Gasteiger partial charge on any atom is -0.359 e. The maximum Gasteiger partial charge on any atom is 0.223 e. The Balaban J connectivity index is 2.61. The molecule has 0 heterocycles. The Morgan fingerprint density at radius 1 is 1.25 bits per heavy atom. The van der Waals surface area contributed by atoms with E-state index in [1.807, 2.05) is 50.9 Å². The monoisotopic (exact) mass is 276 g/mol. The fraction of sp³-hybridized carbons (Fsp3) is 0.500. The first-order chi connectivity index (χ1) is 9.35. The normalized spacial score (nSPS) is 12.3. The van der Waals surface area contributed by atoms with Crippen LogP contribution in [0.2, 0.25) is 0 Å². The van der Waals surface area contributed by atoms with Crippen LogP contribution in [0.4, 0.5) is 0 Å². The number of ketones is 1. The molecule has 0 aliphatic heterocycles. The third-order valence-corrected chi connectivity index (χ3v) is 3.52. The van der Waals surface area contributed by atoms with Crippen LogP contribution in [0.5, 0.6) is 0 Å². The number of aryl methyl sites for hydroxylation is 2. The van der Waals surface area contributed by atoms with Gasteiger partial charge in [0.25, 0.3) is 0 Å². The fourth-order valence-electron chi connectivity index (χ4n) is 2.11. The van der Waals surface area contributed by atoms with E-state index < -0.39 is 0 Å². The van der Waals surface area contributed by atoms with Gasteiger partial charge in [-0.1, -0.05) is 19.1 Å². The smallest absolute Gasteiger partial charge is 0.223 e. The second kappa shape index (κ2) is 7.20. The summed E-state index contributed by atoms with van der Waals surface area (Å²) in [5, 5.41) is 2.62. The first-order valence-electron chi connectivity index (χ1n) is 6.85. The summed E-state index contributed by atoms with van der Waals surface area (Å²) in [5.74, 6) is -0.0484. The molecule has 20 heavy (non-hydrogen) atoms. The number of nitrogens with one attached hydrogen (secondary N) is 1. The van der Waals surface area contributed by atoms with E-state index in [1.165, 1.54) is 5.56 Å². The maximum atomic E-state index is 12.2. The van der Waals surface area contributed by atoms with Gasteiger partial charge in [0, 0.05) is 25.1 Å². The summed E-state index contributed by atoms with van der Waals surface area (Å²) in [6.45, 7) is 6.78. The number of hydrogen-bond acceptors (Lipinski definition) is 3. The van der Waals surface area contributed by atoms with E-state index in [9.17, 15) is 9.59 Å². The first kappa shape index (κ1) is 16.4. The van der Waals surface area contributed by atoms with Crippen LogP contribution in [0.1, 0.15) is 28.4 Å². The second-order valence-electron chi connectivity index (χ2n) is 5.43. The molecule has 0 aliphatic carbocycles. The molecule has 1 N–H and O–H groups in total. The van der Waals surface area contributed by atoms with Gasteiger partial charge in [-0.3, -0.25) is 14.5 Å². The summed E-state index contributed by atoms with van der Waals surface area (Å²) in [5.41, 5.74) is 3.04. The van der Waals surface area contributed by atoms with E-state index in [1.54, 1.807) is 7.05 Å². The Morgan fingerprint density at radius 3 is 2.45 bits per heavy atom. The number of Topliss-reactive ketones (excluding diaryl/α,β-unsaturated/α-hetero) is 1. The van der Waals surface area contributed by atoms with E-state index >= 15 is 0 Å². The largest absolute Gasteiger partial charge is 0.359 e. The van der Waals surface area contributed by atoms with Crippen LogP contribution in [0.15, 0.2) is 18.2 Å². The molecule has 0 radical (unpaired) electrons. The Bertz CT molecular complexity index is 497. The van der Waals surface area contributed by atoms with Crippen molar-refractivity contribution in [1.82, 2.24) is 10.2 Å². The van der Waals surface area contributed by atoms with Crippen molar-refractivity contribution in [2.45, 2.75) is 20.8 Å². The van der Waals surface area contributed by atoms with Gasteiger partial charge < -0.3 is 5.32 Å². The highest BCUT2D eigenvalue weighted by Crippen LogP contribution is 2.11. The second-order valence-corrected chi connectivity index (χ2v) is 5.43. The van der Waals surface area contributed by atoms with Crippen molar-refractivity contribution < 1.29 is 9.59 Å². The van der Waals surface area contributed by atoms with E-state index in [4.69, 9.17) is 0 Å². The lowest BCUT2D eigenvalue weighted by Gasteiger charge is -2.19. The van der Waals surface area contributed by atoms with Crippen molar-refractivity contribution in [3.05, 3.63) is 34.9 Å². The van der Waals surface area contributed by atoms with Crippen LogP contribution in [-0.4, -0.2) is 43.8 Å².